The summed E-state index contributed by atoms with van der Waals surface area (Å²) >= 11 is 0. The van der Waals surface area contributed by atoms with Gasteiger partial charge in [-0.1, -0.05) is 18.2 Å². The third-order valence-corrected chi connectivity index (χ3v) is 5.16. The summed E-state index contributed by atoms with van der Waals surface area (Å²) in [6.45, 7) is 4.65. The van der Waals surface area contributed by atoms with Crippen LogP contribution in [-0.4, -0.2) is 54.6 Å². The van der Waals surface area contributed by atoms with Crippen molar-refractivity contribution in [2.75, 3.05) is 26.7 Å². The molecule has 1 amide bonds. The summed E-state index contributed by atoms with van der Waals surface area (Å²) in [6, 6.07) is 8.72. The van der Waals surface area contributed by atoms with Gasteiger partial charge in [-0.05, 0) is 51.4 Å². The maximum Gasteiger partial charge on any atom is 0.237 e. The molecule has 2 aromatic rings. The molecule has 0 aliphatic carbocycles. The minimum atomic E-state index is -0.0656. The second kappa shape index (κ2) is 9.22. The number of halogens is 1. The Morgan fingerprint density at radius 2 is 2.20 bits per heavy atom. The number of rotatable bonds is 6. The molecule has 0 saturated carbocycles. The van der Waals surface area contributed by atoms with Gasteiger partial charge in [0.1, 0.15) is 0 Å². The average Bonchev–Trinajstić information content (AvgIpc) is 3.04. The third-order valence-electron chi connectivity index (χ3n) is 5.16. The number of nitrogens with zero attached hydrogens (tertiary/aromatic N) is 1. The molecule has 0 spiro atoms. The lowest BCUT2D eigenvalue weighted by molar-refractivity contribution is -0.126. The fraction of sp³-hybridized carbons (Fsp3) is 0.526. The molecule has 2 heterocycles. The van der Waals surface area contributed by atoms with Crippen LogP contribution >= 0.6 is 12.4 Å². The van der Waals surface area contributed by atoms with E-state index in [0.29, 0.717) is 12.6 Å². The molecule has 1 aliphatic rings. The van der Waals surface area contributed by atoms with E-state index in [1.165, 1.54) is 17.4 Å². The molecule has 2 unspecified atom stereocenters. The normalized spacial score (nSPS) is 19.4. The Balaban J connectivity index is 0.00000225. The van der Waals surface area contributed by atoms with Gasteiger partial charge in [-0.3, -0.25) is 9.69 Å². The summed E-state index contributed by atoms with van der Waals surface area (Å²) in [5.41, 5.74) is 2.41. The Labute approximate surface area is 156 Å². The second-order valence-electron chi connectivity index (χ2n) is 6.70. The Kier molecular flexibility index (Phi) is 7.29. The van der Waals surface area contributed by atoms with Gasteiger partial charge >= 0.3 is 0 Å². The SMILES string of the molecule is CNC1CCCN(C(C)C(=O)NCCc2c[nH]c3ccccc23)C1.Cl. The van der Waals surface area contributed by atoms with Crippen LogP contribution in [0.4, 0.5) is 0 Å². The van der Waals surface area contributed by atoms with E-state index in [9.17, 15) is 4.79 Å². The average molecular weight is 365 g/mol. The van der Waals surface area contributed by atoms with Crippen molar-refractivity contribution >= 4 is 29.2 Å². The summed E-state index contributed by atoms with van der Waals surface area (Å²) in [5.74, 6) is 0.131. The molecular weight excluding hydrogens is 336 g/mol. The van der Waals surface area contributed by atoms with Crippen molar-refractivity contribution in [3.8, 4) is 0 Å². The standard InChI is InChI=1S/C19H28N4O.ClH/c1-14(23-11-5-6-16(13-23)20-2)19(24)21-10-9-15-12-22-18-8-4-3-7-17(15)18;/h3-4,7-8,12,14,16,20,22H,5-6,9-11,13H2,1-2H3,(H,21,24);1H. The molecule has 25 heavy (non-hydrogen) atoms. The van der Waals surface area contributed by atoms with Crippen molar-refractivity contribution < 1.29 is 4.79 Å². The van der Waals surface area contributed by atoms with E-state index in [1.807, 2.05) is 26.2 Å². The third kappa shape index (κ3) is 4.75. The van der Waals surface area contributed by atoms with Crippen molar-refractivity contribution in [2.24, 2.45) is 0 Å². The van der Waals surface area contributed by atoms with E-state index < -0.39 is 0 Å². The number of nitrogens with one attached hydrogen (secondary N) is 3. The zero-order chi connectivity index (χ0) is 16.9. The van der Waals surface area contributed by atoms with Crippen molar-refractivity contribution in [2.45, 2.75) is 38.3 Å². The lowest BCUT2D eigenvalue weighted by atomic mass is 10.0. The smallest absolute Gasteiger partial charge is 0.237 e. The Morgan fingerprint density at radius 1 is 1.40 bits per heavy atom. The molecule has 1 aliphatic heterocycles. The highest BCUT2D eigenvalue weighted by atomic mass is 35.5. The lowest BCUT2D eigenvalue weighted by Gasteiger charge is -2.35. The summed E-state index contributed by atoms with van der Waals surface area (Å²) in [7, 11) is 2.00. The number of para-hydroxylation sites is 1. The van der Waals surface area contributed by atoms with E-state index in [2.05, 4.69) is 38.7 Å². The number of H-pyrrole nitrogens is 1. The molecule has 2 atom stereocenters. The van der Waals surface area contributed by atoms with E-state index in [1.54, 1.807) is 0 Å². The molecule has 3 rings (SSSR count). The predicted octanol–water partition coefficient (Wildman–Crippen LogP) is 2.32. The lowest BCUT2D eigenvalue weighted by Crippen LogP contribution is -2.52. The van der Waals surface area contributed by atoms with Crippen LogP contribution in [0.5, 0.6) is 0 Å². The number of piperidine rings is 1. The van der Waals surface area contributed by atoms with Crippen LogP contribution < -0.4 is 10.6 Å². The van der Waals surface area contributed by atoms with Gasteiger partial charge in [0.25, 0.3) is 0 Å². The number of likely N-dealkylation sites (N-methyl/N-ethyl adjacent to an activating group) is 1. The number of fused-ring (bicyclic) bond motifs is 1. The number of aromatic amines is 1. The fourth-order valence-corrected chi connectivity index (χ4v) is 3.57. The van der Waals surface area contributed by atoms with Crippen molar-refractivity contribution in [1.82, 2.24) is 20.5 Å². The number of amides is 1. The minimum absolute atomic E-state index is 0. The molecule has 1 aromatic carbocycles. The number of carbonyl (C=O) groups is 1. The molecule has 0 bridgehead atoms. The largest absolute Gasteiger partial charge is 0.361 e. The summed E-state index contributed by atoms with van der Waals surface area (Å²) in [5, 5.41) is 7.67. The molecule has 1 saturated heterocycles. The van der Waals surface area contributed by atoms with Gasteiger partial charge < -0.3 is 15.6 Å². The molecule has 0 radical (unpaired) electrons. The van der Waals surface area contributed by atoms with Crippen molar-refractivity contribution in [3.63, 3.8) is 0 Å². The van der Waals surface area contributed by atoms with Crippen molar-refractivity contribution in [1.29, 1.82) is 0 Å². The summed E-state index contributed by atoms with van der Waals surface area (Å²) in [4.78, 5) is 18.0. The molecule has 5 nitrogen and oxygen atoms in total. The van der Waals surface area contributed by atoms with Crippen LogP contribution in [0.15, 0.2) is 30.5 Å². The topological polar surface area (TPSA) is 60.2 Å². The van der Waals surface area contributed by atoms with Gasteiger partial charge in [-0.25, -0.2) is 0 Å². The second-order valence-corrected chi connectivity index (χ2v) is 6.70. The number of carbonyl (C=O) groups excluding carboxylic acids is 1. The van der Waals surface area contributed by atoms with E-state index in [0.717, 1.165) is 31.4 Å². The zero-order valence-corrected chi connectivity index (χ0v) is 15.9. The zero-order valence-electron chi connectivity index (χ0n) is 15.0. The van der Waals surface area contributed by atoms with Crippen molar-refractivity contribution in [3.05, 3.63) is 36.0 Å². The van der Waals surface area contributed by atoms with Crippen LogP contribution in [0.25, 0.3) is 10.9 Å². The highest BCUT2D eigenvalue weighted by Gasteiger charge is 2.26. The Morgan fingerprint density at radius 3 is 3.00 bits per heavy atom. The summed E-state index contributed by atoms with van der Waals surface area (Å²) < 4.78 is 0. The number of benzene rings is 1. The number of hydrogen-bond acceptors (Lipinski definition) is 3. The van der Waals surface area contributed by atoms with Gasteiger partial charge in [-0.15, -0.1) is 12.4 Å². The van der Waals surface area contributed by atoms with Crippen LogP contribution in [0.3, 0.4) is 0 Å². The van der Waals surface area contributed by atoms with Crippen LogP contribution in [-0.2, 0) is 11.2 Å². The first kappa shape index (κ1) is 19.8. The first-order valence-corrected chi connectivity index (χ1v) is 8.93. The molecular formula is C19H29ClN4O. The monoisotopic (exact) mass is 364 g/mol. The van der Waals surface area contributed by atoms with Gasteiger partial charge in [0, 0.05) is 36.2 Å². The van der Waals surface area contributed by atoms with E-state index in [-0.39, 0.29) is 24.4 Å². The van der Waals surface area contributed by atoms with Gasteiger partial charge in [0.2, 0.25) is 5.91 Å². The fourth-order valence-electron chi connectivity index (χ4n) is 3.57. The Bertz CT molecular complexity index is 687. The first-order valence-electron chi connectivity index (χ1n) is 8.93. The van der Waals surface area contributed by atoms with Crippen LogP contribution in [0.2, 0.25) is 0 Å². The number of likely N-dealkylation sites (tertiary alicyclic amines) is 1. The maximum absolute atomic E-state index is 12.4. The highest BCUT2D eigenvalue weighted by molar-refractivity contribution is 5.85. The molecule has 6 heteroatoms. The molecule has 1 aromatic heterocycles. The van der Waals surface area contributed by atoms with E-state index in [4.69, 9.17) is 0 Å². The van der Waals surface area contributed by atoms with E-state index >= 15 is 0 Å². The quantitative estimate of drug-likeness (QED) is 0.737. The Hall–Kier alpha value is -1.56. The van der Waals surface area contributed by atoms with Gasteiger partial charge in [0.15, 0.2) is 0 Å². The maximum atomic E-state index is 12.4. The summed E-state index contributed by atoms with van der Waals surface area (Å²) in [6.07, 6.45) is 5.24. The number of hydrogen-bond donors (Lipinski definition) is 3. The molecule has 1 fully saturated rings. The first-order chi connectivity index (χ1) is 11.7. The van der Waals surface area contributed by atoms with Gasteiger partial charge in [0.05, 0.1) is 6.04 Å². The van der Waals surface area contributed by atoms with Crippen LogP contribution in [0, 0.1) is 0 Å². The minimum Gasteiger partial charge on any atom is -0.361 e. The molecule has 3 N–H and O–H groups in total. The highest BCUT2D eigenvalue weighted by Crippen LogP contribution is 2.18. The molecule has 138 valence electrons. The number of aromatic nitrogens is 1. The van der Waals surface area contributed by atoms with Gasteiger partial charge in [-0.2, -0.15) is 0 Å². The predicted molar refractivity (Wildman–Crippen MR) is 105 cm³/mol. The van der Waals surface area contributed by atoms with Crippen LogP contribution in [0.1, 0.15) is 25.3 Å².